The molecule has 1 atom stereocenters. The molecule has 0 radical (unpaired) electrons. The minimum atomic E-state index is -0.215. The average Bonchev–Trinajstić information content (AvgIpc) is 2.98. The van der Waals surface area contributed by atoms with Crippen LogP contribution in [0.2, 0.25) is 5.15 Å². The largest absolute Gasteiger partial charge is 0.376 e. The van der Waals surface area contributed by atoms with E-state index in [0.29, 0.717) is 17.4 Å². The molecule has 0 spiro atoms. The molecule has 2 aromatic rings. The summed E-state index contributed by atoms with van der Waals surface area (Å²) in [5.41, 5.74) is 0.340. The Hall–Kier alpha value is -1.65. The van der Waals surface area contributed by atoms with Gasteiger partial charge in [-0.3, -0.25) is 4.79 Å². The van der Waals surface area contributed by atoms with Gasteiger partial charge in [0.1, 0.15) is 10.8 Å². The first kappa shape index (κ1) is 13.3. The summed E-state index contributed by atoms with van der Waals surface area (Å²) in [4.78, 5) is 16.3. The summed E-state index contributed by atoms with van der Waals surface area (Å²) in [5, 5.41) is 4.96. The van der Waals surface area contributed by atoms with Gasteiger partial charge >= 0.3 is 0 Å². The van der Waals surface area contributed by atoms with Crippen molar-refractivity contribution in [3.05, 3.63) is 41.2 Å². The van der Waals surface area contributed by atoms with Gasteiger partial charge in [-0.05, 0) is 24.3 Å². The van der Waals surface area contributed by atoms with E-state index in [0.717, 1.165) is 30.2 Å². The summed E-state index contributed by atoms with van der Waals surface area (Å²) in [6, 6.07) is 9.37. The minimum absolute atomic E-state index is 0.120. The topological polar surface area (TPSA) is 51.2 Å². The van der Waals surface area contributed by atoms with E-state index in [1.165, 1.54) is 0 Å². The Labute approximate surface area is 122 Å². The number of benzene rings is 1. The van der Waals surface area contributed by atoms with Gasteiger partial charge in [0.15, 0.2) is 0 Å². The summed E-state index contributed by atoms with van der Waals surface area (Å²) >= 11 is 6.12. The number of nitrogens with zero attached hydrogens (tertiary/aromatic N) is 1. The van der Waals surface area contributed by atoms with E-state index in [-0.39, 0.29) is 12.0 Å². The number of pyridine rings is 1. The lowest BCUT2D eigenvalue weighted by atomic mass is 10.1. The molecule has 1 N–H and O–H groups in total. The number of rotatable bonds is 3. The fourth-order valence-electron chi connectivity index (χ4n) is 2.38. The molecule has 2 heterocycles. The van der Waals surface area contributed by atoms with Crippen molar-refractivity contribution < 1.29 is 9.53 Å². The van der Waals surface area contributed by atoms with Crippen LogP contribution >= 0.6 is 11.6 Å². The van der Waals surface area contributed by atoms with Crippen LogP contribution in [0.4, 0.5) is 0 Å². The summed E-state index contributed by atoms with van der Waals surface area (Å²) in [6.07, 6.45) is 2.17. The zero-order valence-corrected chi connectivity index (χ0v) is 11.7. The number of carbonyl (C=O) groups is 1. The molecule has 1 unspecified atom stereocenters. The van der Waals surface area contributed by atoms with Gasteiger partial charge in [0.25, 0.3) is 5.91 Å². The highest BCUT2D eigenvalue weighted by Gasteiger charge is 2.17. The molecular formula is C15H15ClN2O2. The second kappa shape index (κ2) is 5.77. The zero-order valence-electron chi connectivity index (χ0n) is 10.9. The molecule has 0 saturated carbocycles. The highest BCUT2D eigenvalue weighted by Crippen LogP contribution is 2.22. The SMILES string of the molecule is O=C(NCC1CCCO1)c1cc2ccccc2c(Cl)n1. The first-order valence-corrected chi connectivity index (χ1v) is 7.07. The molecule has 1 aliphatic rings. The third kappa shape index (κ3) is 2.76. The van der Waals surface area contributed by atoms with Gasteiger partial charge in [-0.2, -0.15) is 0 Å². The Kier molecular flexibility index (Phi) is 3.85. The average molecular weight is 291 g/mol. The van der Waals surface area contributed by atoms with E-state index in [4.69, 9.17) is 16.3 Å². The van der Waals surface area contributed by atoms with Crippen LogP contribution in [0.25, 0.3) is 10.8 Å². The van der Waals surface area contributed by atoms with Gasteiger partial charge in [0.05, 0.1) is 6.10 Å². The van der Waals surface area contributed by atoms with Crippen LogP contribution in [0.15, 0.2) is 30.3 Å². The lowest BCUT2D eigenvalue weighted by Gasteiger charge is -2.11. The van der Waals surface area contributed by atoms with Gasteiger partial charge in [-0.1, -0.05) is 35.9 Å². The summed E-state index contributed by atoms with van der Waals surface area (Å²) in [5.74, 6) is -0.215. The van der Waals surface area contributed by atoms with E-state index in [1.54, 1.807) is 6.07 Å². The highest BCUT2D eigenvalue weighted by atomic mass is 35.5. The molecule has 0 aliphatic carbocycles. The van der Waals surface area contributed by atoms with Crippen LogP contribution in [0.5, 0.6) is 0 Å². The summed E-state index contributed by atoms with van der Waals surface area (Å²) in [6.45, 7) is 1.30. The Morgan fingerprint density at radius 2 is 2.30 bits per heavy atom. The van der Waals surface area contributed by atoms with Gasteiger partial charge in [0, 0.05) is 18.5 Å². The number of hydrogen-bond donors (Lipinski definition) is 1. The lowest BCUT2D eigenvalue weighted by Crippen LogP contribution is -2.32. The maximum absolute atomic E-state index is 12.1. The van der Waals surface area contributed by atoms with Gasteiger partial charge in [-0.25, -0.2) is 4.98 Å². The predicted molar refractivity (Wildman–Crippen MR) is 78.1 cm³/mol. The fourth-order valence-corrected chi connectivity index (χ4v) is 2.64. The van der Waals surface area contributed by atoms with Crippen LogP contribution in [0, 0.1) is 0 Å². The maximum atomic E-state index is 12.1. The molecule has 1 aromatic heterocycles. The second-order valence-corrected chi connectivity index (χ2v) is 5.22. The van der Waals surface area contributed by atoms with Crippen LogP contribution in [0.3, 0.4) is 0 Å². The van der Waals surface area contributed by atoms with Gasteiger partial charge in [0.2, 0.25) is 0 Å². The Morgan fingerprint density at radius 3 is 3.10 bits per heavy atom. The molecule has 1 aliphatic heterocycles. The maximum Gasteiger partial charge on any atom is 0.270 e. The number of nitrogens with one attached hydrogen (secondary N) is 1. The third-order valence-corrected chi connectivity index (χ3v) is 3.73. The van der Waals surface area contributed by atoms with Crippen LogP contribution < -0.4 is 5.32 Å². The number of carbonyl (C=O) groups excluding carboxylic acids is 1. The summed E-state index contributed by atoms with van der Waals surface area (Å²) in [7, 11) is 0. The molecule has 0 bridgehead atoms. The van der Waals surface area contributed by atoms with E-state index >= 15 is 0 Å². The second-order valence-electron chi connectivity index (χ2n) is 4.86. The summed E-state index contributed by atoms with van der Waals surface area (Å²) < 4.78 is 5.47. The van der Waals surface area contributed by atoms with Crippen molar-refractivity contribution in [3.8, 4) is 0 Å². The fraction of sp³-hybridized carbons (Fsp3) is 0.333. The number of amides is 1. The number of aromatic nitrogens is 1. The Bertz CT molecular complexity index is 639. The van der Waals surface area contributed by atoms with Crippen molar-refractivity contribution in [2.75, 3.05) is 13.2 Å². The minimum Gasteiger partial charge on any atom is -0.376 e. The monoisotopic (exact) mass is 290 g/mol. The normalized spacial score (nSPS) is 18.4. The molecule has 5 heteroatoms. The third-order valence-electron chi connectivity index (χ3n) is 3.44. The van der Waals surface area contributed by atoms with E-state index in [2.05, 4.69) is 10.3 Å². The molecule has 3 rings (SSSR count). The van der Waals surface area contributed by atoms with Crippen molar-refractivity contribution in [2.45, 2.75) is 18.9 Å². The highest BCUT2D eigenvalue weighted by molar-refractivity contribution is 6.34. The van der Waals surface area contributed by atoms with Crippen molar-refractivity contribution in [1.29, 1.82) is 0 Å². The Morgan fingerprint density at radius 1 is 1.45 bits per heavy atom. The molecule has 20 heavy (non-hydrogen) atoms. The molecule has 4 nitrogen and oxygen atoms in total. The van der Waals surface area contributed by atoms with Gasteiger partial charge < -0.3 is 10.1 Å². The molecule has 1 aromatic carbocycles. The van der Waals surface area contributed by atoms with Crippen molar-refractivity contribution >= 4 is 28.3 Å². The molecule has 1 amide bonds. The number of hydrogen-bond acceptors (Lipinski definition) is 3. The van der Waals surface area contributed by atoms with Crippen molar-refractivity contribution in [3.63, 3.8) is 0 Å². The van der Waals surface area contributed by atoms with Crippen molar-refractivity contribution in [1.82, 2.24) is 10.3 Å². The van der Waals surface area contributed by atoms with Crippen LogP contribution in [0.1, 0.15) is 23.3 Å². The van der Waals surface area contributed by atoms with Gasteiger partial charge in [-0.15, -0.1) is 0 Å². The standard InChI is InChI=1S/C15H15ClN2O2/c16-14-12-6-2-1-4-10(12)8-13(18-14)15(19)17-9-11-5-3-7-20-11/h1-2,4,6,8,11H,3,5,7,9H2,(H,17,19). The molecular weight excluding hydrogens is 276 g/mol. The smallest absolute Gasteiger partial charge is 0.270 e. The molecule has 1 saturated heterocycles. The first-order valence-electron chi connectivity index (χ1n) is 6.69. The Balaban J connectivity index is 1.77. The van der Waals surface area contributed by atoms with Crippen molar-refractivity contribution in [2.24, 2.45) is 0 Å². The lowest BCUT2D eigenvalue weighted by molar-refractivity contribution is 0.0854. The van der Waals surface area contributed by atoms with Crippen LogP contribution in [-0.2, 0) is 4.74 Å². The predicted octanol–water partition coefficient (Wildman–Crippen LogP) is 2.80. The molecule has 1 fully saturated rings. The van der Waals surface area contributed by atoms with Crippen LogP contribution in [-0.4, -0.2) is 30.1 Å². The van der Waals surface area contributed by atoms with E-state index < -0.39 is 0 Å². The first-order chi connectivity index (χ1) is 9.74. The number of fused-ring (bicyclic) bond motifs is 1. The molecule has 104 valence electrons. The quantitative estimate of drug-likeness (QED) is 0.885. The van der Waals surface area contributed by atoms with E-state index in [9.17, 15) is 4.79 Å². The number of halogens is 1. The zero-order chi connectivity index (χ0) is 13.9. The number of ether oxygens (including phenoxy) is 1. The van der Waals surface area contributed by atoms with E-state index in [1.807, 2.05) is 24.3 Å².